The summed E-state index contributed by atoms with van der Waals surface area (Å²) < 4.78 is 0. The summed E-state index contributed by atoms with van der Waals surface area (Å²) in [5.41, 5.74) is 0.419. The third kappa shape index (κ3) is 1.70. The zero-order valence-electron chi connectivity index (χ0n) is 4.98. The lowest BCUT2D eigenvalue weighted by atomic mass is 10.5. The molecule has 0 bridgehead atoms. The molecule has 5 nitrogen and oxygen atoms in total. The van der Waals surface area contributed by atoms with Gasteiger partial charge in [0.15, 0.2) is 0 Å². The van der Waals surface area contributed by atoms with Gasteiger partial charge in [-0.2, -0.15) is 10.2 Å². The number of aromatic nitrogens is 2. The molecule has 1 aromatic rings. The number of hydrogen-bond donors (Lipinski definition) is 2. The van der Waals surface area contributed by atoms with Crippen LogP contribution in [-0.4, -0.2) is 21.4 Å². The van der Waals surface area contributed by atoms with Crippen molar-refractivity contribution >= 4 is 11.8 Å². The molecule has 52 valence electrons. The Bertz CT molecular complexity index is 224. The van der Waals surface area contributed by atoms with Crippen molar-refractivity contribution in [2.45, 2.75) is 0 Å². The molecule has 5 heteroatoms. The third-order valence-corrected chi connectivity index (χ3v) is 0.836. The van der Waals surface area contributed by atoms with Crippen molar-refractivity contribution in [1.29, 1.82) is 0 Å². The summed E-state index contributed by atoms with van der Waals surface area (Å²) in [6.07, 6.45) is 1.63. The predicted molar refractivity (Wildman–Crippen MR) is 33.7 cm³/mol. The Labute approximate surface area is 56.7 Å². The van der Waals surface area contributed by atoms with Gasteiger partial charge in [-0.3, -0.25) is 5.32 Å². The van der Waals surface area contributed by atoms with Crippen LogP contribution < -0.4 is 5.32 Å². The fourth-order valence-electron chi connectivity index (χ4n) is 0.488. The Morgan fingerprint density at radius 2 is 2.40 bits per heavy atom. The average Bonchev–Trinajstić information content (AvgIpc) is 1.88. The molecule has 1 amide bonds. The average molecular weight is 139 g/mol. The van der Waals surface area contributed by atoms with Gasteiger partial charge in [0.1, 0.15) is 0 Å². The third-order valence-electron chi connectivity index (χ3n) is 0.836. The van der Waals surface area contributed by atoms with Gasteiger partial charge in [0.05, 0.1) is 18.1 Å². The maximum atomic E-state index is 10.0. The van der Waals surface area contributed by atoms with Gasteiger partial charge in [-0.25, -0.2) is 4.79 Å². The molecule has 0 fully saturated rings. The van der Waals surface area contributed by atoms with Crippen LogP contribution in [0.3, 0.4) is 0 Å². The first-order valence-electron chi connectivity index (χ1n) is 2.55. The Morgan fingerprint density at radius 3 is 2.90 bits per heavy atom. The minimum atomic E-state index is -1.10. The van der Waals surface area contributed by atoms with Crippen molar-refractivity contribution in [3.8, 4) is 0 Å². The molecule has 0 atom stereocenters. The largest absolute Gasteiger partial charge is 0.465 e. The Morgan fingerprint density at radius 1 is 1.60 bits per heavy atom. The molecule has 1 rings (SSSR count). The molecule has 0 saturated carbocycles. The van der Waals surface area contributed by atoms with Gasteiger partial charge in [-0.15, -0.1) is 0 Å². The minimum Gasteiger partial charge on any atom is -0.465 e. The molecule has 0 aromatic carbocycles. The summed E-state index contributed by atoms with van der Waals surface area (Å²) in [5, 5.41) is 17.3. The van der Waals surface area contributed by atoms with Crippen LogP contribution in [0.1, 0.15) is 0 Å². The van der Waals surface area contributed by atoms with Crippen LogP contribution in [0.15, 0.2) is 18.5 Å². The van der Waals surface area contributed by atoms with Gasteiger partial charge in [-0.05, 0) is 6.07 Å². The minimum absolute atomic E-state index is 0.419. The van der Waals surface area contributed by atoms with E-state index in [2.05, 4.69) is 15.5 Å². The standard InChI is InChI=1S/C5H5N3O2/c9-5(10)8-4-1-2-6-7-3-4/h1-3H,(H,6,8)(H,9,10). The molecule has 10 heavy (non-hydrogen) atoms. The van der Waals surface area contributed by atoms with E-state index in [1.807, 2.05) is 0 Å². The molecule has 0 radical (unpaired) electrons. The second-order valence-electron chi connectivity index (χ2n) is 1.56. The summed E-state index contributed by atoms with van der Waals surface area (Å²) in [6.45, 7) is 0. The number of rotatable bonds is 1. The second kappa shape index (κ2) is 2.77. The summed E-state index contributed by atoms with van der Waals surface area (Å²) in [4.78, 5) is 10.0. The van der Waals surface area contributed by atoms with Crippen molar-refractivity contribution < 1.29 is 9.90 Å². The smallest absolute Gasteiger partial charge is 0.409 e. The van der Waals surface area contributed by atoms with Crippen LogP contribution in [0.2, 0.25) is 0 Å². The van der Waals surface area contributed by atoms with Crippen LogP contribution in [0.5, 0.6) is 0 Å². The number of carbonyl (C=O) groups is 1. The fourth-order valence-corrected chi connectivity index (χ4v) is 0.488. The summed E-state index contributed by atoms with van der Waals surface area (Å²) >= 11 is 0. The van der Waals surface area contributed by atoms with E-state index in [4.69, 9.17) is 5.11 Å². The van der Waals surface area contributed by atoms with E-state index in [9.17, 15) is 4.79 Å². The molecule has 0 spiro atoms. The van der Waals surface area contributed by atoms with Gasteiger partial charge in [0.25, 0.3) is 0 Å². The van der Waals surface area contributed by atoms with Crippen LogP contribution >= 0.6 is 0 Å². The Balaban J connectivity index is 2.67. The van der Waals surface area contributed by atoms with E-state index < -0.39 is 6.09 Å². The first-order valence-corrected chi connectivity index (χ1v) is 2.55. The quantitative estimate of drug-likeness (QED) is 0.596. The molecule has 1 heterocycles. The number of nitrogens with one attached hydrogen (secondary N) is 1. The molecule has 2 N–H and O–H groups in total. The van der Waals surface area contributed by atoms with Gasteiger partial charge < -0.3 is 5.11 Å². The first-order chi connectivity index (χ1) is 4.79. The molecular weight excluding hydrogens is 134 g/mol. The van der Waals surface area contributed by atoms with Crippen molar-refractivity contribution in [1.82, 2.24) is 10.2 Å². The molecule has 0 aliphatic carbocycles. The van der Waals surface area contributed by atoms with E-state index in [-0.39, 0.29) is 0 Å². The first kappa shape index (κ1) is 6.47. The summed E-state index contributed by atoms with van der Waals surface area (Å²) in [5.74, 6) is 0. The lowest BCUT2D eigenvalue weighted by molar-refractivity contribution is 0.209. The highest BCUT2D eigenvalue weighted by molar-refractivity contribution is 5.82. The molecule has 0 aliphatic rings. The number of amides is 1. The maximum Gasteiger partial charge on any atom is 0.409 e. The fraction of sp³-hybridized carbons (Fsp3) is 0. The van der Waals surface area contributed by atoms with Crippen molar-refractivity contribution in [3.63, 3.8) is 0 Å². The lowest BCUT2D eigenvalue weighted by Crippen LogP contribution is -2.07. The highest BCUT2D eigenvalue weighted by Crippen LogP contribution is 1.99. The van der Waals surface area contributed by atoms with E-state index in [1.165, 1.54) is 18.5 Å². The van der Waals surface area contributed by atoms with E-state index >= 15 is 0 Å². The number of nitrogens with zero attached hydrogens (tertiary/aromatic N) is 2. The SMILES string of the molecule is O=C(O)Nc1ccnnc1. The van der Waals surface area contributed by atoms with Gasteiger partial charge in [0.2, 0.25) is 0 Å². The van der Waals surface area contributed by atoms with Crippen LogP contribution in [-0.2, 0) is 0 Å². The number of hydrogen-bond acceptors (Lipinski definition) is 3. The number of anilines is 1. The molecular formula is C5H5N3O2. The van der Waals surface area contributed by atoms with Crippen LogP contribution in [0.4, 0.5) is 10.5 Å². The summed E-state index contributed by atoms with van der Waals surface area (Å²) in [7, 11) is 0. The van der Waals surface area contributed by atoms with E-state index in [0.29, 0.717) is 5.69 Å². The van der Waals surface area contributed by atoms with Crippen molar-refractivity contribution in [2.24, 2.45) is 0 Å². The van der Waals surface area contributed by atoms with Gasteiger partial charge >= 0.3 is 6.09 Å². The lowest BCUT2D eigenvalue weighted by Gasteiger charge is -1.95. The Kier molecular flexibility index (Phi) is 1.79. The number of carboxylic acid groups (broad SMARTS) is 1. The molecule has 0 saturated heterocycles. The predicted octanol–water partition coefficient (Wildman–Crippen LogP) is 0.566. The van der Waals surface area contributed by atoms with Gasteiger partial charge in [-0.1, -0.05) is 0 Å². The zero-order valence-corrected chi connectivity index (χ0v) is 4.98. The van der Waals surface area contributed by atoms with Gasteiger partial charge in [0, 0.05) is 0 Å². The van der Waals surface area contributed by atoms with E-state index in [1.54, 1.807) is 0 Å². The van der Waals surface area contributed by atoms with Crippen molar-refractivity contribution in [2.75, 3.05) is 5.32 Å². The molecule has 1 aromatic heterocycles. The van der Waals surface area contributed by atoms with Crippen molar-refractivity contribution in [3.05, 3.63) is 18.5 Å². The normalized spacial score (nSPS) is 8.80. The van der Waals surface area contributed by atoms with Crippen LogP contribution in [0, 0.1) is 0 Å². The highest BCUT2D eigenvalue weighted by Gasteiger charge is 1.94. The topological polar surface area (TPSA) is 75.1 Å². The Hall–Kier alpha value is -1.65. The molecule has 0 unspecified atom stereocenters. The van der Waals surface area contributed by atoms with E-state index in [0.717, 1.165) is 0 Å². The zero-order chi connectivity index (χ0) is 7.40. The van der Waals surface area contributed by atoms with Crippen LogP contribution in [0.25, 0.3) is 0 Å². The highest BCUT2D eigenvalue weighted by atomic mass is 16.4. The molecule has 0 aliphatic heterocycles. The second-order valence-corrected chi connectivity index (χ2v) is 1.56. The monoisotopic (exact) mass is 139 g/mol. The summed E-state index contributed by atoms with van der Waals surface area (Å²) in [6, 6.07) is 1.52. The maximum absolute atomic E-state index is 10.0.